The summed E-state index contributed by atoms with van der Waals surface area (Å²) >= 11 is 0. The summed E-state index contributed by atoms with van der Waals surface area (Å²) < 4.78 is 32.1. The second-order valence-corrected chi connectivity index (χ2v) is 4.69. The number of amides is 1. The van der Waals surface area contributed by atoms with Crippen LogP contribution in [0.4, 0.5) is 8.78 Å². The van der Waals surface area contributed by atoms with Crippen LogP contribution in [0.15, 0.2) is 28.7 Å². The van der Waals surface area contributed by atoms with Gasteiger partial charge in [-0.05, 0) is 32.0 Å². The molecule has 1 heterocycles. The standard InChI is InChI=1S/C15H15F2NO3/c1-8-6-10(9(2)21-8)13(19)7-18-15(20)14-11(16)4-3-5-12(14)17/h3-6,13,19H,7H2,1-2H3,(H,18,20). The van der Waals surface area contributed by atoms with Gasteiger partial charge in [-0.3, -0.25) is 4.79 Å². The molecule has 0 radical (unpaired) electrons. The lowest BCUT2D eigenvalue weighted by Crippen LogP contribution is -2.30. The quantitative estimate of drug-likeness (QED) is 0.911. The Morgan fingerprint density at radius 3 is 2.48 bits per heavy atom. The van der Waals surface area contributed by atoms with Crippen LogP contribution >= 0.6 is 0 Å². The van der Waals surface area contributed by atoms with Gasteiger partial charge in [-0.2, -0.15) is 0 Å². The van der Waals surface area contributed by atoms with E-state index in [-0.39, 0.29) is 6.54 Å². The predicted molar refractivity (Wildman–Crippen MR) is 71.8 cm³/mol. The highest BCUT2D eigenvalue weighted by Gasteiger charge is 2.19. The Kier molecular flexibility index (Phi) is 4.37. The fourth-order valence-corrected chi connectivity index (χ4v) is 2.08. The SMILES string of the molecule is Cc1cc(C(O)CNC(=O)c2c(F)cccc2F)c(C)o1. The Balaban J connectivity index is 2.06. The Morgan fingerprint density at radius 2 is 1.95 bits per heavy atom. The molecule has 2 N–H and O–H groups in total. The van der Waals surface area contributed by atoms with E-state index in [0.29, 0.717) is 17.1 Å². The zero-order valence-corrected chi connectivity index (χ0v) is 11.6. The number of furan rings is 1. The van der Waals surface area contributed by atoms with Crippen molar-refractivity contribution in [3.05, 3.63) is 58.5 Å². The maximum atomic E-state index is 13.4. The summed E-state index contributed by atoms with van der Waals surface area (Å²) in [5.41, 5.74) is -0.133. The van der Waals surface area contributed by atoms with E-state index < -0.39 is 29.2 Å². The van der Waals surface area contributed by atoms with E-state index in [1.165, 1.54) is 6.07 Å². The van der Waals surface area contributed by atoms with Gasteiger partial charge in [0.25, 0.3) is 5.91 Å². The molecule has 1 aromatic carbocycles. The smallest absolute Gasteiger partial charge is 0.257 e. The van der Waals surface area contributed by atoms with Crippen molar-refractivity contribution in [2.75, 3.05) is 6.54 Å². The topological polar surface area (TPSA) is 62.5 Å². The van der Waals surface area contributed by atoms with Crippen molar-refractivity contribution in [2.45, 2.75) is 20.0 Å². The van der Waals surface area contributed by atoms with E-state index in [4.69, 9.17) is 4.42 Å². The molecule has 1 unspecified atom stereocenters. The second-order valence-electron chi connectivity index (χ2n) is 4.69. The molecule has 0 saturated heterocycles. The van der Waals surface area contributed by atoms with Crippen molar-refractivity contribution >= 4 is 5.91 Å². The zero-order valence-electron chi connectivity index (χ0n) is 11.6. The van der Waals surface area contributed by atoms with Gasteiger partial charge >= 0.3 is 0 Å². The maximum Gasteiger partial charge on any atom is 0.257 e. The molecule has 1 amide bonds. The molecule has 0 fully saturated rings. The van der Waals surface area contributed by atoms with Gasteiger partial charge in [0.2, 0.25) is 0 Å². The van der Waals surface area contributed by atoms with Crippen molar-refractivity contribution in [1.82, 2.24) is 5.32 Å². The van der Waals surface area contributed by atoms with Crippen LogP contribution in [0.5, 0.6) is 0 Å². The summed E-state index contributed by atoms with van der Waals surface area (Å²) in [5, 5.41) is 12.3. The molecular weight excluding hydrogens is 280 g/mol. The van der Waals surface area contributed by atoms with Gasteiger partial charge in [-0.15, -0.1) is 0 Å². The van der Waals surface area contributed by atoms with Crippen LogP contribution in [-0.2, 0) is 0 Å². The molecule has 0 spiro atoms. The van der Waals surface area contributed by atoms with Crippen molar-refractivity contribution < 1.29 is 23.1 Å². The number of nitrogens with one attached hydrogen (secondary N) is 1. The lowest BCUT2D eigenvalue weighted by molar-refractivity contribution is 0.0907. The fraction of sp³-hybridized carbons (Fsp3) is 0.267. The number of benzene rings is 1. The highest BCUT2D eigenvalue weighted by atomic mass is 19.1. The highest BCUT2D eigenvalue weighted by Crippen LogP contribution is 2.21. The average Bonchev–Trinajstić information content (AvgIpc) is 2.75. The second kappa shape index (κ2) is 6.05. The minimum atomic E-state index is -1.01. The summed E-state index contributed by atoms with van der Waals surface area (Å²) in [4.78, 5) is 11.8. The van der Waals surface area contributed by atoms with Gasteiger partial charge in [0.15, 0.2) is 0 Å². The number of hydrogen-bond donors (Lipinski definition) is 2. The summed E-state index contributed by atoms with van der Waals surface area (Å²) in [6.45, 7) is 3.24. The van der Waals surface area contributed by atoms with Crippen LogP contribution in [0.3, 0.4) is 0 Å². The summed E-state index contributed by atoms with van der Waals surface area (Å²) in [7, 11) is 0. The van der Waals surface area contributed by atoms with Crippen LogP contribution in [-0.4, -0.2) is 17.6 Å². The van der Waals surface area contributed by atoms with Crippen molar-refractivity contribution in [3.8, 4) is 0 Å². The van der Waals surface area contributed by atoms with Gasteiger partial charge in [-0.1, -0.05) is 6.07 Å². The fourth-order valence-electron chi connectivity index (χ4n) is 2.08. The summed E-state index contributed by atoms with van der Waals surface area (Å²) in [5.74, 6) is -1.64. The van der Waals surface area contributed by atoms with Crippen LogP contribution in [0, 0.1) is 25.5 Å². The van der Waals surface area contributed by atoms with E-state index in [0.717, 1.165) is 12.1 Å². The Hall–Kier alpha value is -2.21. The molecule has 2 rings (SSSR count). The van der Waals surface area contributed by atoms with Gasteiger partial charge in [0, 0.05) is 12.1 Å². The molecule has 1 atom stereocenters. The molecule has 21 heavy (non-hydrogen) atoms. The monoisotopic (exact) mass is 295 g/mol. The lowest BCUT2D eigenvalue weighted by atomic mass is 10.1. The Morgan fingerprint density at radius 1 is 1.33 bits per heavy atom. The number of aryl methyl sites for hydroxylation is 2. The van der Waals surface area contributed by atoms with E-state index in [1.54, 1.807) is 19.9 Å². The molecule has 0 bridgehead atoms. The number of rotatable bonds is 4. The Bertz CT molecular complexity index is 647. The predicted octanol–water partition coefficient (Wildman–Crippen LogP) is 2.64. The van der Waals surface area contributed by atoms with E-state index in [9.17, 15) is 18.7 Å². The van der Waals surface area contributed by atoms with Gasteiger partial charge in [0.05, 0.1) is 6.10 Å². The molecule has 0 saturated carbocycles. The van der Waals surface area contributed by atoms with Crippen molar-refractivity contribution in [1.29, 1.82) is 0 Å². The van der Waals surface area contributed by atoms with Crippen LogP contribution in [0.1, 0.15) is 33.5 Å². The first kappa shape index (κ1) is 15.2. The maximum absolute atomic E-state index is 13.4. The minimum absolute atomic E-state index is 0.174. The van der Waals surface area contributed by atoms with Crippen LogP contribution in [0.2, 0.25) is 0 Å². The van der Waals surface area contributed by atoms with E-state index in [1.807, 2.05) is 0 Å². The molecule has 112 valence electrons. The lowest BCUT2D eigenvalue weighted by Gasteiger charge is -2.12. The first-order valence-electron chi connectivity index (χ1n) is 6.37. The van der Waals surface area contributed by atoms with Gasteiger partial charge in [-0.25, -0.2) is 8.78 Å². The number of carbonyl (C=O) groups excluding carboxylic acids is 1. The molecule has 1 aromatic heterocycles. The van der Waals surface area contributed by atoms with Crippen molar-refractivity contribution in [3.63, 3.8) is 0 Å². The summed E-state index contributed by atoms with van der Waals surface area (Å²) in [6.07, 6.45) is -1.01. The number of aliphatic hydroxyl groups excluding tert-OH is 1. The first-order chi connectivity index (χ1) is 9.90. The van der Waals surface area contributed by atoms with Gasteiger partial charge in [0.1, 0.15) is 28.7 Å². The third-order valence-electron chi connectivity index (χ3n) is 3.08. The van der Waals surface area contributed by atoms with Gasteiger partial charge < -0.3 is 14.8 Å². The van der Waals surface area contributed by atoms with Crippen LogP contribution < -0.4 is 5.32 Å². The van der Waals surface area contributed by atoms with Crippen LogP contribution in [0.25, 0.3) is 0 Å². The molecule has 0 aliphatic carbocycles. The number of aliphatic hydroxyl groups is 1. The molecule has 0 aliphatic rings. The van der Waals surface area contributed by atoms with E-state index >= 15 is 0 Å². The average molecular weight is 295 g/mol. The minimum Gasteiger partial charge on any atom is -0.466 e. The molecule has 2 aromatic rings. The molecule has 6 heteroatoms. The highest BCUT2D eigenvalue weighted by molar-refractivity contribution is 5.94. The molecule has 0 aliphatic heterocycles. The third kappa shape index (κ3) is 3.28. The third-order valence-corrected chi connectivity index (χ3v) is 3.08. The number of halogens is 2. The van der Waals surface area contributed by atoms with Crippen molar-refractivity contribution in [2.24, 2.45) is 0 Å². The summed E-state index contributed by atoms with van der Waals surface area (Å²) in [6, 6.07) is 4.82. The number of hydrogen-bond acceptors (Lipinski definition) is 3. The molecular formula is C15H15F2NO3. The largest absolute Gasteiger partial charge is 0.466 e. The Labute approximate surface area is 120 Å². The zero-order chi connectivity index (χ0) is 15.6. The van der Waals surface area contributed by atoms with E-state index in [2.05, 4.69) is 5.32 Å². The molecule has 4 nitrogen and oxygen atoms in total. The normalized spacial score (nSPS) is 12.2. The number of carbonyl (C=O) groups is 1. The first-order valence-corrected chi connectivity index (χ1v) is 6.37.